The molecule has 0 bridgehead atoms. The van der Waals surface area contributed by atoms with Gasteiger partial charge in [0.1, 0.15) is 23.8 Å². The average molecular weight is 327 g/mol. The van der Waals surface area contributed by atoms with Gasteiger partial charge in [-0.05, 0) is 12.1 Å². The smallest absolute Gasteiger partial charge is 0.260 e. The predicted molar refractivity (Wildman–Crippen MR) is 80.9 cm³/mol. The van der Waals surface area contributed by atoms with Gasteiger partial charge in [0.2, 0.25) is 0 Å². The first-order chi connectivity index (χ1) is 11.1. The molecule has 0 unspecified atom stereocenters. The van der Waals surface area contributed by atoms with Crippen LogP contribution in [0, 0.1) is 5.82 Å². The summed E-state index contributed by atoms with van der Waals surface area (Å²) in [4.78, 5) is 13.8. The predicted octanol–water partition coefficient (Wildman–Crippen LogP) is 1.09. The number of benzene rings is 1. The molecule has 23 heavy (non-hydrogen) atoms. The summed E-state index contributed by atoms with van der Waals surface area (Å²) in [6.45, 7) is 0.596. The van der Waals surface area contributed by atoms with Crippen molar-refractivity contribution in [2.75, 3.05) is 41.1 Å². The van der Waals surface area contributed by atoms with Crippen molar-refractivity contribution in [2.24, 2.45) is 0 Å². The lowest BCUT2D eigenvalue weighted by atomic mass is 10.0. The van der Waals surface area contributed by atoms with Gasteiger partial charge in [0.15, 0.2) is 6.61 Å². The zero-order valence-electron chi connectivity index (χ0n) is 13.5. The monoisotopic (exact) mass is 327 g/mol. The van der Waals surface area contributed by atoms with Gasteiger partial charge in [-0.2, -0.15) is 0 Å². The van der Waals surface area contributed by atoms with Crippen LogP contribution < -0.4 is 4.74 Å². The van der Waals surface area contributed by atoms with Crippen LogP contribution in [-0.4, -0.2) is 70.1 Å². The molecule has 1 fully saturated rings. The van der Waals surface area contributed by atoms with E-state index in [9.17, 15) is 9.18 Å². The molecule has 1 heterocycles. The van der Waals surface area contributed by atoms with E-state index in [1.54, 1.807) is 27.3 Å². The van der Waals surface area contributed by atoms with Crippen LogP contribution in [0.2, 0.25) is 0 Å². The molecule has 1 aromatic carbocycles. The molecule has 1 aliphatic rings. The van der Waals surface area contributed by atoms with Crippen molar-refractivity contribution in [3.63, 3.8) is 0 Å². The van der Waals surface area contributed by atoms with Crippen LogP contribution in [0.4, 0.5) is 4.39 Å². The lowest BCUT2D eigenvalue weighted by Crippen LogP contribution is -2.58. The summed E-state index contributed by atoms with van der Waals surface area (Å²) in [6.07, 6.45) is -0.519. The molecule has 6 nitrogen and oxygen atoms in total. The zero-order valence-corrected chi connectivity index (χ0v) is 13.5. The molecule has 1 amide bonds. The summed E-state index contributed by atoms with van der Waals surface area (Å²) < 4.78 is 34.7. The average Bonchev–Trinajstić information content (AvgIpc) is 2.58. The zero-order chi connectivity index (χ0) is 16.8. The van der Waals surface area contributed by atoms with E-state index < -0.39 is 5.82 Å². The Morgan fingerprint density at radius 3 is 2.78 bits per heavy atom. The molecular weight excluding hydrogens is 305 g/mol. The molecule has 2 rings (SSSR count). The highest BCUT2D eigenvalue weighted by Gasteiger charge is 2.38. The molecule has 0 radical (unpaired) electrons. The van der Waals surface area contributed by atoms with Gasteiger partial charge in [-0.3, -0.25) is 4.79 Å². The van der Waals surface area contributed by atoms with E-state index >= 15 is 0 Å². The second-order valence-electron chi connectivity index (χ2n) is 5.33. The Morgan fingerprint density at radius 1 is 1.35 bits per heavy atom. The summed E-state index contributed by atoms with van der Waals surface area (Å²) in [5.41, 5.74) is 0. The molecule has 3 atom stereocenters. The largest absolute Gasteiger partial charge is 0.484 e. The molecule has 0 aliphatic carbocycles. The molecule has 1 saturated heterocycles. The fourth-order valence-electron chi connectivity index (χ4n) is 2.57. The van der Waals surface area contributed by atoms with Crippen molar-refractivity contribution >= 4 is 5.91 Å². The Hall–Kier alpha value is -1.70. The van der Waals surface area contributed by atoms with Crippen LogP contribution in [0.3, 0.4) is 0 Å². The van der Waals surface area contributed by atoms with Crippen molar-refractivity contribution in [1.82, 2.24) is 4.90 Å². The van der Waals surface area contributed by atoms with E-state index in [0.29, 0.717) is 19.0 Å². The van der Waals surface area contributed by atoms with Gasteiger partial charge >= 0.3 is 0 Å². The Kier molecular flexibility index (Phi) is 6.32. The third-order valence-electron chi connectivity index (χ3n) is 3.94. The molecule has 7 heteroatoms. The Balaban J connectivity index is 1.95. The van der Waals surface area contributed by atoms with Gasteiger partial charge in [-0.25, -0.2) is 4.39 Å². The first-order valence-electron chi connectivity index (χ1n) is 7.34. The maximum atomic E-state index is 13.1. The van der Waals surface area contributed by atoms with Gasteiger partial charge in [-0.15, -0.1) is 0 Å². The van der Waals surface area contributed by atoms with Crippen LogP contribution in [0.1, 0.15) is 0 Å². The van der Waals surface area contributed by atoms with E-state index in [4.69, 9.17) is 18.9 Å². The van der Waals surface area contributed by atoms with Crippen molar-refractivity contribution in [3.8, 4) is 5.75 Å². The normalized spacial score (nSPS) is 24.3. The quantitative estimate of drug-likeness (QED) is 0.783. The molecule has 0 saturated carbocycles. The second-order valence-corrected chi connectivity index (χ2v) is 5.33. The molecule has 1 aliphatic heterocycles. The topological polar surface area (TPSA) is 57.2 Å². The highest BCUT2D eigenvalue weighted by atomic mass is 19.1. The summed E-state index contributed by atoms with van der Waals surface area (Å²) >= 11 is 0. The van der Waals surface area contributed by atoms with Crippen LogP contribution in [-0.2, 0) is 19.0 Å². The van der Waals surface area contributed by atoms with Gasteiger partial charge in [0.25, 0.3) is 5.91 Å². The Bertz CT molecular complexity index is 527. The van der Waals surface area contributed by atoms with Crippen molar-refractivity contribution < 1.29 is 28.1 Å². The molecule has 0 aromatic heterocycles. The fraction of sp³-hybridized carbons (Fsp3) is 0.562. The molecule has 1 aromatic rings. The number of amides is 1. The maximum Gasteiger partial charge on any atom is 0.260 e. The number of carbonyl (C=O) groups excluding carboxylic acids is 1. The number of halogens is 1. The van der Waals surface area contributed by atoms with E-state index in [-0.39, 0.29) is 30.8 Å². The third-order valence-corrected chi connectivity index (χ3v) is 3.94. The highest BCUT2D eigenvalue weighted by Crippen LogP contribution is 2.19. The van der Waals surface area contributed by atoms with Crippen LogP contribution >= 0.6 is 0 Å². The van der Waals surface area contributed by atoms with Crippen molar-refractivity contribution in [2.45, 2.75) is 18.2 Å². The lowest BCUT2D eigenvalue weighted by molar-refractivity contribution is -0.165. The standard InChI is InChI=1S/C16H22FNO5/c1-18(13-8-22-9-14(20-2)16(13)21-3)15(19)10-23-12-6-4-5-11(17)7-12/h4-7,13-14,16H,8-10H2,1-3H3/t13-,14-,16+/m1/s1. The second kappa shape index (κ2) is 8.24. The molecular formula is C16H22FNO5. The number of hydrogen-bond acceptors (Lipinski definition) is 5. The number of carbonyl (C=O) groups is 1. The Morgan fingerprint density at radius 2 is 2.13 bits per heavy atom. The summed E-state index contributed by atoms with van der Waals surface area (Å²) in [5.74, 6) is -0.349. The minimum Gasteiger partial charge on any atom is -0.484 e. The number of ether oxygens (including phenoxy) is 4. The van der Waals surface area contributed by atoms with Gasteiger partial charge in [-0.1, -0.05) is 6.07 Å². The first-order valence-corrected chi connectivity index (χ1v) is 7.34. The van der Waals surface area contributed by atoms with E-state index in [2.05, 4.69) is 0 Å². The Labute approximate surface area is 135 Å². The third kappa shape index (κ3) is 4.40. The van der Waals surface area contributed by atoms with Gasteiger partial charge < -0.3 is 23.8 Å². The first kappa shape index (κ1) is 17.7. The van der Waals surface area contributed by atoms with E-state index in [1.807, 2.05) is 0 Å². The fourth-order valence-corrected chi connectivity index (χ4v) is 2.57. The summed E-state index contributed by atoms with van der Waals surface area (Å²) in [7, 11) is 4.82. The van der Waals surface area contributed by atoms with Crippen LogP contribution in [0.5, 0.6) is 5.75 Å². The number of hydrogen-bond donors (Lipinski definition) is 0. The maximum absolute atomic E-state index is 13.1. The van der Waals surface area contributed by atoms with Gasteiger partial charge in [0, 0.05) is 27.3 Å². The van der Waals surface area contributed by atoms with Crippen molar-refractivity contribution in [1.29, 1.82) is 0 Å². The number of likely N-dealkylation sites (N-methyl/N-ethyl adjacent to an activating group) is 1. The van der Waals surface area contributed by atoms with Crippen LogP contribution in [0.15, 0.2) is 24.3 Å². The highest BCUT2D eigenvalue weighted by molar-refractivity contribution is 5.78. The number of methoxy groups -OCH3 is 2. The molecule has 0 spiro atoms. The number of rotatable bonds is 6. The van der Waals surface area contributed by atoms with E-state index in [0.717, 1.165) is 0 Å². The number of nitrogens with zero attached hydrogens (tertiary/aromatic N) is 1. The molecule has 128 valence electrons. The van der Waals surface area contributed by atoms with Crippen LogP contribution in [0.25, 0.3) is 0 Å². The van der Waals surface area contributed by atoms with E-state index in [1.165, 1.54) is 23.1 Å². The minimum absolute atomic E-state index is 0.190. The molecule has 0 N–H and O–H groups in total. The van der Waals surface area contributed by atoms with Gasteiger partial charge in [0.05, 0.1) is 19.3 Å². The SMILES string of the molecule is CO[C@H]1[C@H](N(C)C(=O)COc2cccc(F)c2)COC[C@H]1OC. The summed E-state index contributed by atoms with van der Waals surface area (Å²) in [5, 5.41) is 0. The van der Waals surface area contributed by atoms with Crippen molar-refractivity contribution in [3.05, 3.63) is 30.1 Å². The minimum atomic E-state index is -0.411. The summed E-state index contributed by atoms with van der Waals surface area (Å²) in [6, 6.07) is 5.39. The lowest BCUT2D eigenvalue weighted by Gasteiger charge is -2.40.